The molecule has 0 radical (unpaired) electrons. The summed E-state index contributed by atoms with van der Waals surface area (Å²) in [5, 5.41) is 0. The minimum absolute atomic E-state index is 0.241. The van der Waals surface area contributed by atoms with Gasteiger partial charge in [-0.3, -0.25) is 0 Å². The van der Waals surface area contributed by atoms with E-state index in [9.17, 15) is 0 Å². The van der Waals surface area contributed by atoms with E-state index in [-0.39, 0.29) is 15.7 Å². The minimum Gasteiger partial charge on any atom is -0.381 e. The van der Waals surface area contributed by atoms with Crippen LogP contribution in [0.2, 0.25) is 0 Å². The van der Waals surface area contributed by atoms with Crippen LogP contribution < -0.4 is 0 Å². The molecule has 1 aliphatic rings. The topological polar surface area (TPSA) is 15.7 Å². The highest BCUT2D eigenvalue weighted by atomic mass is 27.1. The van der Waals surface area contributed by atoms with Gasteiger partial charge in [0.1, 0.15) is 0 Å². The first kappa shape index (κ1) is 13.5. The third kappa shape index (κ3) is 5.33. The highest BCUT2D eigenvalue weighted by molar-refractivity contribution is 6.28. The fourth-order valence-corrected chi connectivity index (χ4v) is 3.61. The third-order valence-electron chi connectivity index (χ3n) is 2.91. The molecular formula is C11H25AlN2O. The van der Waals surface area contributed by atoms with E-state index in [1.807, 2.05) is 0 Å². The molecule has 0 aromatic carbocycles. The van der Waals surface area contributed by atoms with Gasteiger partial charge in [0, 0.05) is 13.2 Å². The highest BCUT2D eigenvalue weighted by Crippen LogP contribution is 2.13. The van der Waals surface area contributed by atoms with Gasteiger partial charge in [-0.1, -0.05) is 0 Å². The second-order valence-corrected chi connectivity index (χ2v) is 7.60. The molecule has 0 unspecified atom stereocenters. The van der Waals surface area contributed by atoms with Crippen LogP contribution in [0.25, 0.3) is 0 Å². The van der Waals surface area contributed by atoms with Crippen molar-refractivity contribution in [1.82, 2.24) is 7.77 Å². The lowest BCUT2D eigenvalue weighted by molar-refractivity contribution is 0.108. The minimum atomic E-state index is -0.241. The van der Waals surface area contributed by atoms with Crippen LogP contribution in [-0.4, -0.2) is 62.3 Å². The molecule has 1 rings (SSSR count). The number of hydrogen-bond acceptors (Lipinski definition) is 3. The molecular weight excluding hydrogens is 203 g/mol. The summed E-state index contributed by atoms with van der Waals surface area (Å²) < 4.78 is 10.8. The van der Waals surface area contributed by atoms with Crippen molar-refractivity contribution in [3.8, 4) is 0 Å². The van der Waals surface area contributed by atoms with Gasteiger partial charge in [-0.05, 0) is 59.3 Å². The van der Waals surface area contributed by atoms with E-state index in [4.69, 9.17) is 4.74 Å². The molecule has 1 heterocycles. The maximum absolute atomic E-state index is 5.58. The summed E-state index contributed by atoms with van der Waals surface area (Å²) in [6.45, 7) is 11.2. The van der Waals surface area contributed by atoms with Gasteiger partial charge in [0.2, 0.25) is 0 Å². The van der Waals surface area contributed by atoms with Crippen molar-refractivity contribution in [2.75, 3.05) is 33.4 Å². The lowest BCUT2D eigenvalue weighted by atomic mass is 10.1. The van der Waals surface area contributed by atoms with Crippen LogP contribution in [-0.2, 0) is 4.74 Å². The number of hydrogen-bond donors (Lipinski definition) is 0. The van der Waals surface area contributed by atoms with E-state index in [0.29, 0.717) is 5.54 Å². The fraction of sp³-hybridized carbons (Fsp3) is 1.00. The fourth-order valence-electron chi connectivity index (χ4n) is 1.88. The Hall–Kier alpha value is 0.412. The number of rotatable bonds is 0. The number of ether oxygens (including phenoxy) is 1. The molecule has 0 amide bonds. The molecule has 0 aromatic heterocycles. The summed E-state index contributed by atoms with van der Waals surface area (Å²) in [6, 6.07) is 0. The zero-order valence-corrected chi connectivity index (χ0v) is 12.2. The molecule has 1 aliphatic heterocycles. The lowest BCUT2D eigenvalue weighted by Gasteiger charge is -2.38. The highest BCUT2D eigenvalue weighted by Gasteiger charge is 2.24. The number of nitrogens with zero attached hydrogens (tertiary/aromatic N) is 2. The molecule has 0 aromatic rings. The van der Waals surface area contributed by atoms with Gasteiger partial charge < -0.3 is 12.5 Å². The predicted molar refractivity (Wildman–Crippen MR) is 66.3 cm³/mol. The largest absolute Gasteiger partial charge is 0.463 e. The Bertz CT molecular complexity index is 182. The Morgan fingerprint density at radius 2 is 1.67 bits per heavy atom. The Balaban J connectivity index is 2.51. The van der Waals surface area contributed by atoms with E-state index < -0.39 is 0 Å². The maximum atomic E-state index is 5.58. The van der Waals surface area contributed by atoms with Crippen LogP contribution in [0.15, 0.2) is 0 Å². The summed E-state index contributed by atoms with van der Waals surface area (Å²) in [7, 11) is 2.26. The molecule has 0 spiro atoms. The Morgan fingerprint density at radius 3 is 2.27 bits per heavy atom. The molecule has 0 bridgehead atoms. The molecule has 0 N–H and O–H groups in total. The van der Waals surface area contributed by atoms with Crippen LogP contribution in [0.4, 0.5) is 0 Å². The molecule has 0 aliphatic carbocycles. The third-order valence-corrected chi connectivity index (χ3v) is 5.31. The van der Waals surface area contributed by atoms with E-state index in [1.165, 1.54) is 25.9 Å². The Labute approximate surface area is 101 Å². The average molecular weight is 228 g/mol. The molecule has 1 saturated heterocycles. The first-order valence-corrected chi connectivity index (χ1v) is 7.28. The zero-order valence-electron chi connectivity index (χ0n) is 10.8. The predicted octanol–water partition coefficient (Wildman–Crippen LogP) is 1.10. The van der Waals surface area contributed by atoms with E-state index >= 15 is 0 Å². The zero-order chi connectivity index (χ0) is 11.3. The normalized spacial score (nSPS) is 23.5. The molecule has 1 fully saturated rings. The second-order valence-electron chi connectivity index (χ2n) is 5.47. The average Bonchev–Trinajstić information content (AvgIpc) is 2.13. The van der Waals surface area contributed by atoms with Gasteiger partial charge in [0.15, 0.2) is 0 Å². The SMILES string of the molecule is C[N]1CCCOCCC[N](C(C)(C)C)[AlH]1. The van der Waals surface area contributed by atoms with Crippen molar-refractivity contribution in [2.24, 2.45) is 0 Å². The van der Waals surface area contributed by atoms with Crippen molar-refractivity contribution in [2.45, 2.75) is 39.2 Å². The first-order chi connectivity index (χ1) is 7.00. The lowest BCUT2D eigenvalue weighted by Crippen LogP contribution is -2.50. The summed E-state index contributed by atoms with van der Waals surface area (Å²) in [5.74, 6) is 0. The van der Waals surface area contributed by atoms with Crippen LogP contribution in [0, 0.1) is 0 Å². The van der Waals surface area contributed by atoms with Crippen LogP contribution in [0.5, 0.6) is 0 Å². The van der Waals surface area contributed by atoms with Crippen LogP contribution in [0.1, 0.15) is 33.6 Å². The standard InChI is InChI=1S/C11H24N2O.Al.H/c1-11(2,3)13-8-6-10-14-9-5-7-12-4;;/h5-10H2,1-4H3;;/q-2;+2;. The summed E-state index contributed by atoms with van der Waals surface area (Å²) in [6.07, 6.45) is 2.36. The van der Waals surface area contributed by atoms with E-state index in [2.05, 4.69) is 35.6 Å². The van der Waals surface area contributed by atoms with Crippen molar-refractivity contribution in [3.63, 3.8) is 0 Å². The summed E-state index contributed by atoms with van der Waals surface area (Å²) in [5.41, 5.74) is 0.319. The Morgan fingerprint density at radius 1 is 1.07 bits per heavy atom. The van der Waals surface area contributed by atoms with Crippen molar-refractivity contribution >= 4 is 15.7 Å². The molecule has 0 saturated carbocycles. The van der Waals surface area contributed by atoms with Gasteiger partial charge in [-0.25, -0.2) is 0 Å². The van der Waals surface area contributed by atoms with Crippen molar-refractivity contribution in [3.05, 3.63) is 0 Å². The van der Waals surface area contributed by atoms with Gasteiger partial charge in [0.25, 0.3) is 0 Å². The van der Waals surface area contributed by atoms with E-state index in [1.54, 1.807) is 0 Å². The molecule has 0 atom stereocenters. The summed E-state index contributed by atoms with van der Waals surface area (Å²) >= 11 is -0.241. The first-order valence-electron chi connectivity index (χ1n) is 6.01. The second kappa shape index (κ2) is 6.22. The molecule has 15 heavy (non-hydrogen) atoms. The van der Waals surface area contributed by atoms with Crippen LogP contribution in [0.3, 0.4) is 0 Å². The van der Waals surface area contributed by atoms with Gasteiger partial charge in [0.05, 0.1) is 0 Å². The van der Waals surface area contributed by atoms with Gasteiger partial charge in [-0.2, -0.15) is 0 Å². The maximum Gasteiger partial charge on any atom is 0.463 e. The Kier molecular flexibility index (Phi) is 5.59. The van der Waals surface area contributed by atoms with Gasteiger partial charge in [-0.15, -0.1) is 0 Å². The summed E-state index contributed by atoms with van der Waals surface area (Å²) in [4.78, 5) is 0. The molecule has 4 heteroatoms. The van der Waals surface area contributed by atoms with Gasteiger partial charge >= 0.3 is 15.7 Å². The molecule has 3 nitrogen and oxygen atoms in total. The van der Waals surface area contributed by atoms with Crippen molar-refractivity contribution in [1.29, 1.82) is 0 Å². The quantitative estimate of drug-likeness (QED) is 0.577. The smallest absolute Gasteiger partial charge is 0.381 e. The van der Waals surface area contributed by atoms with Crippen molar-refractivity contribution < 1.29 is 4.74 Å². The van der Waals surface area contributed by atoms with E-state index in [0.717, 1.165) is 13.2 Å². The van der Waals surface area contributed by atoms with Crippen LogP contribution >= 0.6 is 0 Å². The monoisotopic (exact) mass is 228 g/mol. The molecule has 88 valence electrons.